The summed E-state index contributed by atoms with van der Waals surface area (Å²) in [6.07, 6.45) is 39.7. The predicted octanol–water partition coefficient (Wildman–Crippen LogP) is 12.0. The molecular weight excluding hydrogens is 524 g/mol. The van der Waals surface area contributed by atoms with Crippen LogP contribution in [-0.4, -0.2) is 18.5 Å². The zero-order chi connectivity index (χ0) is 32.7. The fourth-order valence-electron chi connectivity index (χ4n) is 3.53. The standard InChI is InChI=1S/C41H58O2/c1-33(2)19-14-22-36(5)25-17-28-37(6)26-15-23-34(3)20-12-13-21-35(4)24-16-27-38(7)29-18-30-39(8)31-32-40(42)41(9,10)43-11/h12-13,15-16,18-21,23-27,29-32H,14,17,22,28H2,1-11H3/b13-12+,23-15+,24-16+,29-18+,32-31+,34-20+,35-21+,36-25+,37-26+,38-27+,39-30+. The number of hydrogen-bond donors (Lipinski definition) is 0. The molecule has 0 spiro atoms. The van der Waals surface area contributed by atoms with Crippen molar-refractivity contribution in [3.63, 3.8) is 0 Å². The number of methoxy groups -OCH3 is 1. The number of hydrogen-bond acceptors (Lipinski definition) is 2. The minimum atomic E-state index is -0.799. The number of ketones is 1. The Hall–Kier alpha value is -3.49. The van der Waals surface area contributed by atoms with Crippen molar-refractivity contribution in [2.75, 3.05) is 7.11 Å². The van der Waals surface area contributed by atoms with Gasteiger partial charge in [-0.25, -0.2) is 0 Å². The molecule has 0 aliphatic rings. The van der Waals surface area contributed by atoms with Gasteiger partial charge in [0.15, 0.2) is 5.78 Å². The number of allylic oxidation sites excluding steroid dienone is 23. The van der Waals surface area contributed by atoms with E-state index in [2.05, 4.69) is 121 Å². The highest BCUT2D eigenvalue weighted by Crippen LogP contribution is 2.12. The van der Waals surface area contributed by atoms with Gasteiger partial charge in [-0.1, -0.05) is 136 Å². The molecule has 0 saturated carbocycles. The molecule has 0 radical (unpaired) electrons. The number of rotatable bonds is 18. The molecule has 0 N–H and O–H groups in total. The molecule has 0 aliphatic heterocycles. The molecule has 0 bridgehead atoms. The summed E-state index contributed by atoms with van der Waals surface area (Å²) in [5, 5.41) is 0. The Morgan fingerprint density at radius 1 is 0.535 bits per heavy atom. The van der Waals surface area contributed by atoms with Gasteiger partial charge in [0.25, 0.3) is 0 Å². The number of carbonyl (C=O) groups excluding carboxylic acids is 1. The van der Waals surface area contributed by atoms with E-state index in [0.717, 1.165) is 36.8 Å². The van der Waals surface area contributed by atoms with Crippen LogP contribution < -0.4 is 0 Å². The number of carbonyl (C=O) groups is 1. The molecule has 2 heteroatoms. The molecule has 0 unspecified atom stereocenters. The van der Waals surface area contributed by atoms with Gasteiger partial charge >= 0.3 is 0 Å². The molecule has 0 rings (SSSR count). The zero-order valence-corrected chi connectivity index (χ0v) is 29.0. The average molecular weight is 583 g/mol. The lowest BCUT2D eigenvalue weighted by Crippen LogP contribution is -2.32. The molecule has 0 atom stereocenters. The first-order chi connectivity index (χ1) is 20.3. The molecule has 2 nitrogen and oxygen atoms in total. The summed E-state index contributed by atoms with van der Waals surface area (Å²) in [6.45, 7) is 20.5. The van der Waals surface area contributed by atoms with E-state index < -0.39 is 5.60 Å². The first kappa shape index (κ1) is 39.5. The zero-order valence-electron chi connectivity index (χ0n) is 29.0. The van der Waals surface area contributed by atoms with Gasteiger partial charge in [-0.15, -0.1) is 0 Å². The van der Waals surface area contributed by atoms with E-state index in [-0.39, 0.29) is 5.78 Å². The minimum Gasteiger partial charge on any atom is -0.371 e. The Morgan fingerprint density at radius 3 is 1.44 bits per heavy atom. The summed E-state index contributed by atoms with van der Waals surface area (Å²) in [6, 6.07) is 0. The molecule has 0 aromatic carbocycles. The highest BCUT2D eigenvalue weighted by atomic mass is 16.5. The van der Waals surface area contributed by atoms with Crippen LogP contribution in [0.4, 0.5) is 0 Å². The fraction of sp³-hybridized carbons (Fsp3) is 0.390. The quantitative estimate of drug-likeness (QED) is 0.0912. The number of ether oxygens (including phenoxy) is 1. The van der Waals surface area contributed by atoms with Gasteiger partial charge in [0.1, 0.15) is 5.60 Å². The van der Waals surface area contributed by atoms with Crippen molar-refractivity contribution >= 4 is 5.78 Å². The monoisotopic (exact) mass is 582 g/mol. The van der Waals surface area contributed by atoms with Crippen molar-refractivity contribution in [2.24, 2.45) is 0 Å². The maximum Gasteiger partial charge on any atom is 0.186 e. The van der Waals surface area contributed by atoms with E-state index in [0.29, 0.717) is 0 Å². The van der Waals surface area contributed by atoms with E-state index in [1.807, 2.05) is 31.2 Å². The van der Waals surface area contributed by atoms with Crippen LogP contribution in [0.2, 0.25) is 0 Å². The van der Waals surface area contributed by atoms with E-state index >= 15 is 0 Å². The van der Waals surface area contributed by atoms with Crippen LogP contribution in [0.1, 0.15) is 94.9 Å². The molecule has 0 amide bonds. The van der Waals surface area contributed by atoms with Crippen LogP contribution >= 0.6 is 0 Å². The molecule has 0 aliphatic carbocycles. The second-order valence-corrected chi connectivity index (χ2v) is 11.9. The van der Waals surface area contributed by atoms with Crippen LogP contribution in [-0.2, 0) is 9.53 Å². The Kier molecular flexibility index (Phi) is 21.2. The van der Waals surface area contributed by atoms with E-state index in [9.17, 15) is 4.79 Å². The molecule has 0 heterocycles. The molecular formula is C41H58O2. The average Bonchev–Trinajstić information content (AvgIpc) is 2.93. The van der Waals surface area contributed by atoms with Crippen LogP contribution in [0.3, 0.4) is 0 Å². The second-order valence-electron chi connectivity index (χ2n) is 11.9. The molecule has 0 fully saturated rings. The highest BCUT2D eigenvalue weighted by Gasteiger charge is 2.23. The lowest BCUT2D eigenvalue weighted by atomic mass is 10.0. The van der Waals surface area contributed by atoms with Crippen molar-refractivity contribution in [1.82, 2.24) is 0 Å². The Labute approximate surface area is 264 Å². The predicted molar refractivity (Wildman–Crippen MR) is 192 cm³/mol. The normalized spacial score (nSPS) is 15.3. The van der Waals surface area contributed by atoms with Gasteiger partial charge < -0.3 is 4.74 Å². The lowest BCUT2D eigenvalue weighted by Gasteiger charge is -2.18. The van der Waals surface area contributed by atoms with Crippen LogP contribution in [0.25, 0.3) is 0 Å². The van der Waals surface area contributed by atoms with Gasteiger partial charge in [0.05, 0.1) is 0 Å². The van der Waals surface area contributed by atoms with Gasteiger partial charge in [-0.3, -0.25) is 4.79 Å². The van der Waals surface area contributed by atoms with Crippen LogP contribution in [0.15, 0.2) is 142 Å². The third-order valence-electron chi connectivity index (χ3n) is 6.73. The molecule has 0 aromatic rings. The van der Waals surface area contributed by atoms with Crippen molar-refractivity contribution in [3.05, 3.63) is 142 Å². The fourth-order valence-corrected chi connectivity index (χ4v) is 3.53. The maximum absolute atomic E-state index is 12.1. The topological polar surface area (TPSA) is 26.3 Å². The van der Waals surface area contributed by atoms with E-state index in [1.54, 1.807) is 27.0 Å². The second kappa shape index (κ2) is 23.0. The van der Waals surface area contributed by atoms with Crippen LogP contribution in [0, 0.1) is 0 Å². The van der Waals surface area contributed by atoms with Crippen molar-refractivity contribution < 1.29 is 9.53 Å². The summed E-state index contributed by atoms with van der Waals surface area (Å²) < 4.78 is 5.21. The van der Waals surface area contributed by atoms with Crippen molar-refractivity contribution in [3.8, 4) is 0 Å². The Bertz CT molecular complexity index is 1230. The molecule has 0 saturated heterocycles. The Balaban J connectivity index is 4.73. The van der Waals surface area contributed by atoms with E-state index in [4.69, 9.17) is 4.74 Å². The first-order valence-electron chi connectivity index (χ1n) is 15.4. The SMILES string of the molecule is COC(C)(C)C(=O)/C=C/C(C)=C/C=C/C(C)=C/C=C/C(C)=C/C=C/C=C(C)/C=C/C=C(\C)CC/C=C(\C)CCC=C(C)C. The van der Waals surface area contributed by atoms with Gasteiger partial charge in [0.2, 0.25) is 0 Å². The largest absolute Gasteiger partial charge is 0.371 e. The summed E-state index contributed by atoms with van der Waals surface area (Å²) in [5.41, 5.74) is 8.01. The maximum atomic E-state index is 12.1. The summed E-state index contributed by atoms with van der Waals surface area (Å²) >= 11 is 0. The third kappa shape index (κ3) is 22.7. The summed E-state index contributed by atoms with van der Waals surface area (Å²) in [7, 11) is 1.55. The van der Waals surface area contributed by atoms with Crippen molar-refractivity contribution in [2.45, 2.75) is 101 Å². The summed E-state index contributed by atoms with van der Waals surface area (Å²) in [4.78, 5) is 12.1. The molecule has 234 valence electrons. The smallest absolute Gasteiger partial charge is 0.186 e. The third-order valence-corrected chi connectivity index (χ3v) is 6.73. The summed E-state index contributed by atoms with van der Waals surface area (Å²) in [5.74, 6) is -0.0526. The van der Waals surface area contributed by atoms with Crippen molar-refractivity contribution in [1.29, 1.82) is 0 Å². The highest BCUT2D eigenvalue weighted by molar-refractivity contribution is 5.96. The van der Waals surface area contributed by atoms with Crippen LogP contribution in [0.5, 0.6) is 0 Å². The van der Waals surface area contributed by atoms with Gasteiger partial charge in [-0.05, 0) is 101 Å². The minimum absolute atomic E-state index is 0.0526. The van der Waals surface area contributed by atoms with Gasteiger partial charge in [0, 0.05) is 7.11 Å². The Morgan fingerprint density at radius 2 is 0.953 bits per heavy atom. The molecule has 0 aromatic heterocycles. The lowest BCUT2D eigenvalue weighted by molar-refractivity contribution is -0.131. The molecule has 43 heavy (non-hydrogen) atoms. The van der Waals surface area contributed by atoms with E-state index in [1.165, 1.54) is 27.9 Å². The first-order valence-corrected chi connectivity index (χ1v) is 15.4. The van der Waals surface area contributed by atoms with Gasteiger partial charge in [-0.2, -0.15) is 0 Å².